The number of aryl methyl sites for hydroxylation is 1. The Kier molecular flexibility index (Phi) is 4.03. The lowest BCUT2D eigenvalue weighted by Gasteiger charge is -2.11. The van der Waals surface area contributed by atoms with E-state index >= 15 is 0 Å². The summed E-state index contributed by atoms with van der Waals surface area (Å²) in [5.41, 5.74) is 4.82. The van der Waals surface area contributed by atoms with Crippen molar-refractivity contribution in [3.63, 3.8) is 0 Å². The largest absolute Gasteiger partial charge is 0.493 e. The Hall–Kier alpha value is -1.39. The molecule has 0 radical (unpaired) electrons. The van der Waals surface area contributed by atoms with Gasteiger partial charge in [-0.05, 0) is 36.2 Å². The second-order valence-electron chi connectivity index (χ2n) is 5.02. The first-order chi connectivity index (χ1) is 9.74. The van der Waals surface area contributed by atoms with Crippen LogP contribution in [-0.4, -0.2) is 11.6 Å². The molecule has 3 rings (SSSR count). The molecule has 1 aliphatic heterocycles. The van der Waals surface area contributed by atoms with E-state index < -0.39 is 0 Å². The third-order valence-electron chi connectivity index (χ3n) is 3.55. The van der Waals surface area contributed by atoms with Gasteiger partial charge in [-0.1, -0.05) is 22.0 Å². The maximum Gasteiger partial charge on any atom is 0.127 e. The lowest BCUT2D eigenvalue weighted by atomic mass is 10.1. The highest BCUT2D eigenvalue weighted by atomic mass is 79.9. The number of nitrogens with one attached hydrogen (secondary N) is 1. The van der Waals surface area contributed by atoms with Crippen LogP contribution in [-0.2, 0) is 19.5 Å². The van der Waals surface area contributed by atoms with E-state index in [2.05, 4.69) is 51.4 Å². The molecule has 0 atom stereocenters. The highest BCUT2D eigenvalue weighted by molar-refractivity contribution is 9.10. The monoisotopic (exact) mass is 332 g/mol. The van der Waals surface area contributed by atoms with Crippen molar-refractivity contribution in [2.24, 2.45) is 0 Å². The van der Waals surface area contributed by atoms with E-state index in [4.69, 9.17) is 4.74 Å². The minimum atomic E-state index is 0.772. The fraction of sp³-hybridized carbons (Fsp3) is 0.312. The van der Waals surface area contributed by atoms with E-state index in [0.717, 1.165) is 42.0 Å². The van der Waals surface area contributed by atoms with Crippen molar-refractivity contribution in [3.8, 4) is 5.75 Å². The van der Waals surface area contributed by atoms with E-state index in [-0.39, 0.29) is 0 Å². The lowest BCUT2D eigenvalue weighted by molar-refractivity contribution is 0.352. The van der Waals surface area contributed by atoms with Crippen LogP contribution in [0, 0.1) is 6.92 Å². The van der Waals surface area contributed by atoms with Gasteiger partial charge in [0, 0.05) is 35.7 Å². The molecule has 2 heterocycles. The Labute approximate surface area is 127 Å². The smallest absolute Gasteiger partial charge is 0.127 e. The fourth-order valence-electron chi connectivity index (χ4n) is 2.50. The average Bonchev–Trinajstić information content (AvgIpc) is 2.89. The van der Waals surface area contributed by atoms with Crippen LogP contribution >= 0.6 is 15.9 Å². The van der Waals surface area contributed by atoms with Gasteiger partial charge in [0.25, 0.3) is 0 Å². The van der Waals surface area contributed by atoms with Crippen molar-refractivity contribution in [1.29, 1.82) is 0 Å². The third-order valence-corrected chi connectivity index (χ3v) is 4.01. The van der Waals surface area contributed by atoms with Gasteiger partial charge in [-0.3, -0.25) is 4.98 Å². The molecule has 1 N–H and O–H groups in total. The molecule has 3 nitrogen and oxygen atoms in total. The average molecular weight is 333 g/mol. The summed E-state index contributed by atoms with van der Waals surface area (Å²) in [6, 6.07) is 8.33. The Morgan fingerprint density at radius 3 is 3.10 bits per heavy atom. The highest BCUT2D eigenvalue weighted by Gasteiger charge is 2.17. The molecule has 104 valence electrons. The van der Waals surface area contributed by atoms with Crippen molar-refractivity contribution in [1.82, 2.24) is 10.3 Å². The third kappa shape index (κ3) is 2.86. The number of halogens is 1. The molecule has 0 unspecified atom stereocenters. The first-order valence-corrected chi connectivity index (χ1v) is 7.58. The van der Waals surface area contributed by atoms with Crippen LogP contribution in [0.4, 0.5) is 0 Å². The van der Waals surface area contributed by atoms with Crippen molar-refractivity contribution in [2.75, 3.05) is 6.61 Å². The fourth-order valence-corrected chi connectivity index (χ4v) is 3.05. The van der Waals surface area contributed by atoms with Crippen molar-refractivity contribution in [2.45, 2.75) is 26.4 Å². The van der Waals surface area contributed by atoms with Crippen LogP contribution in [0.3, 0.4) is 0 Å². The Balaban J connectivity index is 1.69. The van der Waals surface area contributed by atoms with Gasteiger partial charge < -0.3 is 10.1 Å². The lowest BCUT2D eigenvalue weighted by Crippen LogP contribution is -2.15. The predicted molar refractivity (Wildman–Crippen MR) is 82.9 cm³/mol. The minimum Gasteiger partial charge on any atom is -0.493 e. The van der Waals surface area contributed by atoms with Crippen LogP contribution in [0.1, 0.15) is 22.4 Å². The first kappa shape index (κ1) is 13.6. The molecule has 0 bridgehead atoms. The summed E-state index contributed by atoms with van der Waals surface area (Å²) in [5.74, 6) is 1.05. The normalized spacial score (nSPS) is 13.1. The molecule has 1 aromatic heterocycles. The number of rotatable bonds is 4. The molecular formula is C16H17BrN2O. The van der Waals surface area contributed by atoms with E-state index in [1.807, 2.05) is 12.3 Å². The Morgan fingerprint density at radius 1 is 1.35 bits per heavy atom. The molecule has 0 amide bonds. The van der Waals surface area contributed by atoms with Gasteiger partial charge in [-0.15, -0.1) is 0 Å². The molecule has 0 saturated carbocycles. The van der Waals surface area contributed by atoms with Gasteiger partial charge >= 0.3 is 0 Å². The summed E-state index contributed by atoms with van der Waals surface area (Å²) in [4.78, 5) is 4.40. The molecule has 0 fully saturated rings. The van der Waals surface area contributed by atoms with Crippen molar-refractivity contribution < 1.29 is 4.74 Å². The van der Waals surface area contributed by atoms with Gasteiger partial charge in [0.1, 0.15) is 5.75 Å². The van der Waals surface area contributed by atoms with Gasteiger partial charge in [-0.2, -0.15) is 0 Å². The SMILES string of the molecule is Cc1cccnc1CNCc1cc(Br)cc2c1OCC2. The molecule has 1 aliphatic rings. The second-order valence-corrected chi connectivity index (χ2v) is 5.94. The zero-order valence-electron chi connectivity index (χ0n) is 11.4. The molecule has 0 spiro atoms. The van der Waals surface area contributed by atoms with Crippen molar-refractivity contribution >= 4 is 15.9 Å². The summed E-state index contributed by atoms with van der Waals surface area (Å²) in [5, 5.41) is 3.45. The number of aromatic nitrogens is 1. The summed E-state index contributed by atoms with van der Waals surface area (Å²) < 4.78 is 6.85. The van der Waals surface area contributed by atoms with Crippen LogP contribution in [0.5, 0.6) is 5.75 Å². The van der Waals surface area contributed by atoms with Crippen LogP contribution in [0.15, 0.2) is 34.9 Å². The molecule has 0 saturated heterocycles. The zero-order valence-corrected chi connectivity index (χ0v) is 13.0. The van der Waals surface area contributed by atoms with Gasteiger partial charge in [-0.25, -0.2) is 0 Å². The Bertz CT molecular complexity index is 628. The molecule has 2 aromatic rings. The van der Waals surface area contributed by atoms with E-state index in [9.17, 15) is 0 Å². The zero-order chi connectivity index (χ0) is 13.9. The summed E-state index contributed by atoms with van der Waals surface area (Å²) in [6.07, 6.45) is 2.84. The maximum absolute atomic E-state index is 5.73. The van der Waals surface area contributed by atoms with Crippen LogP contribution in [0.2, 0.25) is 0 Å². The standard InChI is InChI=1S/C16H17BrN2O/c1-11-3-2-5-19-15(11)10-18-9-13-8-14(17)7-12-4-6-20-16(12)13/h2-3,5,7-8,18H,4,6,9-10H2,1H3. The predicted octanol–water partition coefficient (Wildman–Crippen LogP) is 3.38. The number of pyridine rings is 1. The van der Waals surface area contributed by atoms with E-state index in [1.165, 1.54) is 16.7 Å². The van der Waals surface area contributed by atoms with Gasteiger partial charge in [0.15, 0.2) is 0 Å². The van der Waals surface area contributed by atoms with Crippen LogP contribution < -0.4 is 10.1 Å². The molecule has 1 aromatic carbocycles. The number of benzene rings is 1. The summed E-state index contributed by atoms with van der Waals surface area (Å²) in [6.45, 7) is 4.44. The number of nitrogens with zero attached hydrogens (tertiary/aromatic N) is 1. The van der Waals surface area contributed by atoms with Crippen LogP contribution in [0.25, 0.3) is 0 Å². The van der Waals surface area contributed by atoms with Crippen molar-refractivity contribution in [3.05, 3.63) is 57.3 Å². The quantitative estimate of drug-likeness (QED) is 0.931. The minimum absolute atomic E-state index is 0.772. The van der Waals surface area contributed by atoms with Gasteiger partial charge in [0.2, 0.25) is 0 Å². The molecule has 0 aliphatic carbocycles. The number of hydrogen-bond acceptors (Lipinski definition) is 3. The number of ether oxygens (including phenoxy) is 1. The number of fused-ring (bicyclic) bond motifs is 1. The highest BCUT2D eigenvalue weighted by Crippen LogP contribution is 2.32. The first-order valence-electron chi connectivity index (χ1n) is 6.79. The summed E-state index contributed by atoms with van der Waals surface area (Å²) >= 11 is 3.57. The number of hydrogen-bond donors (Lipinski definition) is 1. The molecule has 4 heteroatoms. The van der Waals surface area contributed by atoms with E-state index in [0.29, 0.717) is 0 Å². The molecular weight excluding hydrogens is 316 g/mol. The summed E-state index contributed by atoms with van der Waals surface area (Å²) in [7, 11) is 0. The van der Waals surface area contributed by atoms with Gasteiger partial charge in [0.05, 0.1) is 12.3 Å². The van der Waals surface area contributed by atoms with E-state index in [1.54, 1.807) is 0 Å². The Morgan fingerprint density at radius 2 is 2.25 bits per heavy atom. The maximum atomic E-state index is 5.73. The molecule has 20 heavy (non-hydrogen) atoms. The second kappa shape index (κ2) is 5.94. The topological polar surface area (TPSA) is 34.2 Å².